The minimum Gasteiger partial charge on any atom is -0.486 e. The summed E-state index contributed by atoms with van der Waals surface area (Å²) in [6.07, 6.45) is 0. The van der Waals surface area contributed by atoms with E-state index in [2.05, 4.69) is 20.4 Å². The second-order valence-corrected chi connectivity index (χ2v) is 5.01. The Bertz CT molecular complexity index is 883. The number of hydrogen-bond donors (Lipinski definition) is 3. The predicted octanol–water partition coefficient (Wildman–Crippen LogP) is 0.867. The van der Waals surface area contributed by atoms with Gasteiger partial charge >= 0.3 is 5.97 Å². The lowest BCUT2D eigenvalue weighted by Crippen LogP contribution is -2.26. The summed E-state index contributed by atoms with van der Waals surface area (Å²) in [6, 6.07) is 2.87. The Hall–Kier alpha value is -2.97. The smallest absolute Gasteiger partial charge is 0.325 e. The van der Waals surface area contributed by atoms with Gasteiger partial charge in [-0.1, -0.05) is 0 Å². The van der Waals surface area contributed by atoms with Gasteiger partial charge in [-0.05, 0) is 6.92 Å². The number of carbonyl (C=O) groups is 1. The zero-order valence-corrected chi connectivity index (χ0v) is 11.7. The summed E-state index contributed by atoms with van der Waals surface area (Å²) in [7, 11) is 0. The standard InChI is InChI=1S/C13H13N5O4/c1-6(11(19)20)14-12-16-13-15-7-4-9-10(22-3-2-21-9)5-8(7)18(13)17-12/h4-6H,2-3H2,1H3,(H,19,20)(H2,14,15,16,17). The van der Waals surface area contributed by atoms with E-state index in [1.54, 1.807) is 10.6 Å². The van der Waals surface area contributed by atoms with Crippen molar-refractivity contribution in [2.75, 3.05) is 18.5 Å². The molecule has 0 fully saturated rings. The van der Waals surface area contributed by atoms with Gasteiger partial charge in [0.2, 0.25) is 5.95 Å². The van der Waals surface area contributed by atoms with E-state index in [1.807, 2.05) is 6.07 Å². The molecule has 0 bridgehead atoms. The highest BCUT2D eigenvalue weighted by atomic mass is 16.6. The van der Waals surface area contributed by atoms with Crippen LogP contribution in [0.5, 0.6) is 11.5 Å². The molecule has 9 heteroatoms. The normalized spacial score (nSPS) is 15.1. The fourth-order valence-electron chi connectivity index (χ4n) is 2.35. The van der Waals surface area contributed by atoms with Gasteiger partial charge in [-0.25, -0.2) is 9.50 Å². The minimum atomic E-state index is -0.960. The number of ether oxygens (including phenoxy) is 2. The summed E-state index contributed by atoms with van der Waals surface area (Å²) >= 11 is 0. The van der Waals surface area contributed by atoms with Crippen molar-refractivity contribution < 1.29 is 19.4 Å². The number of aromatic amines is 1. The van der Waals surface area contributed by atoms with Crippen LogP contribution in [0.15, 0.2) is 12.1 Å². The average Bonchev–Trinajstić information content (AvgIpc) is 3.02. The Labute approximate surface area is 123 Å². The Kier molecular flexibility index (Phi) is 2.62. The zero-order chi connectivity index (χ0) is 15.3. The van der Waals surface area contributed by atoms with Crippen molar-refractivity contribution in [3.63, 3.8) is 0 Å². The number of aromatic nitrogens is 4. The molecule has 4 rings (SSSR count). The van der Waals surface area contributed by atoms with Gasteiger partial charge in [0.15, 0.2) is 11.5 Å². The van der Waals surface area contributed by atoms with E-state index in [4.69, 9.17) is 14.6 Å². The fourth-order valence-corrected chi connectivity index (χ4v) is 2.35. The molecule has 9 nitrogen and oxygen atoms in total. The third-order valence-electron chi connectivity index (χ3n) is 3.45. The first kappa shape index (κ1) is 12.7. The van der Waals surface area contributed by atoms with Crippen molar-refractivity contribution in [2.45, 2.75) is 13.0 Å². The highest BCUT2D eigenvalue weighted by molar-refractivity contribution is 5.83. The van der Waals surface area contributed by atoms with Crippen LogP contribution < -0.4 is 14.8 Å². The first-order valence-corrected chi connectivity index (χ1v) is 6.79. The zero-order valence-electron chi connectivity index (χ0n) is 11.7. The van der Waals surface area contributed by atoms with E-state index in [1.165, 1.54) is 6.92 Å². The number of nitrogens with one attached hydrogen (secondary N) is 2. The first-order chi connectivity index (χ1) is 10.6. The number of hydrogen-bond acceptors (Lipinski definition) is 6. The molecule has 0 saturated heterocycles. The van der Waals surface area contributed by atoms with Gasteiger partial charge in [0.05, 0.1) is 11.0 Å². The molecule has 3 heterocycles. The highest BCUT2D eigenvalue weighted by Gasteiger charge is 2.18. The molecule has 0 radical (unpaired) electrons. The second-order valence-electron chi connectivity index (χ2n) is 5.01. The number of imidazole rings is 1. The Morgan fingerprint density at radius 1 is 1.36 bits per heavy atom. The molecule has 1 aromatic carbocycles. The van der Waals surface area contributed by atoms with Crippen molar-refractivity contribution in [2.24, 2.45) is 0 Å². The molecule has 1 aliphatic rings. The maximum atomic E-state index is 10.9. The van der Waals surface area contributed by atoms with Gasteiger partial charge in [0.1, 0.15) is 19.3 Å². The molecule has 0 spiro atoms. The van der Waals surface area contributed by atoms with Crippen LogP contribution in [0.2, 0.25) is 0 Å². The SMILES string of the molecule is CC(Nc1nc2nc3cc4c(cc3n2[nH]1)OCCO4)C(=O)O. The molecule has 1 unspecified atom stereocenters. The van der Waals surface area contributed by atoms with Gasteiger partial charge in [0, 0.05) is 12.1 Å². The summed E-state index contributed by atoms with van der Waals surface area (Å²) in [5.41, 5.74) is 1.50. The largest absolute Gasteiger partial charge is 0.486 e. The van der Waals surface area contributed by atoms with Crippen LogP contribution in [-0.4, -0.2) is 49.9 Å². The summed E-state index contributed by atoms with van der Waals surface area (Å²) in [5, 5.41) is 14.7. The van der Waals surface area contributed by atoms with Crippen LogP contribution in [0.4, 0.5) is 5.95 Å². The van der Waals surface area contributed by atoms with Gasteiger partial charge in [-0.15, -0.1) is 0 Å². The summed E-state index contributed by atoms with van der Waals surface area (Å²) in [5.74, 6) is 1.14. The number of anilines is 1. The Balaban J connectivity index is 1.78. The number of nitrogens with zero attached hydrogens (tertiary/aromatic N) is 3. The average molecular weight is 303 g/mol. The van der Waals surface area contributed by atoms with Crippen molar-refractivity contribution in [1.29, 1.82) is 0 Å². The molecule has 1 aliphatic heterocycles. The minimum absolute atomic E-state index is 0.342. The van der Waals surface area contributed by atoms with Crippen LogP contribution >= 0.6 is 0 Å². The molecule has 2 aromatic heterocycles. The van der Waals surface area contributed by atoms with E-state index >= 15 is 0 Å². The maximum Gasteiger partial charge on any atom is 0.325 e. The number of aliphatic carboxylic acids is 1. The number of H-pyrrole nitrogens is 1. The maximum absolute atomic E-state index is 10.9. The van der Waals surface area contributed by atoms with Gasteiger partial charge in [-0.2, -0.15) is 4.98 Å². The molecule has 114 valence electrons. The van der Waals surface area contributed by atoms with Crippen LogP contribution in [0.1, 0.15) is 6.92 Å². The van der Waals surface area contributed by atoms with E-state index in [9.17, 15) is 4.79 Å². The van der Waals surface area contributed by atoms with Gasteiger partial charge in [0.25, 0.3) is 5.78 Å². The van der Waals surface area contributed by atoms with E-state index < -0.39 is 12.0 Å². The van der Waals surface area contributed by atoms with Crippen LogP contribution in [0.25, 0.3) is 16.8 Å². The van der Waals surface area contributed by atoms with Gasteiger partial charge < -0.3 is 19.9 Å². The molecule has 3 N–H and O–H groups in total. The second kappa shape index (κ2) is 4.52. The molecule has 0 aliphatic carbocycles. The number of benzene rings is 1. The summed E-state index contributed by atoms with van der Waals surface area (Å²) in [4.78, 5) is 19.5. The lowest BCUT2D eigenvalue weighted by atomic mass is 10.2. The molecule has 1 atom stereocenters. The summed E-state index contributed by atoms with van der Waals surface area (Å²) in [6.45, 7) is 2.56. The van der Waals surface area contributed by atoms with Crippen molar-refractivity contribution in [1.82, 2.24) is 19.6 Å². The predicted molar refractivity (Wildman–Crippen MR) is 76.6 cm³/mol. The van der Waals surface area contributed by atoms with Crippen molar-refractivity contribution >= 4 is 28.7 Å². The lowest BCUT2D eigenvalue weighted by Gasteiger charge is -2.17. The fraction of sp³-hybridized carbons (Fsp3) is 0.308. The summed E-state index contributed by atoms with van der Waals surface area (Å²) < 4.78 is 12.8. The van der Waals surface area contributed by atoms with Gasteiger partial charge in [-0.3, -0.25) is 9.89 Å². The van der Waals surface area contributed by atoms with Crippen LogP contribution in [0, 0.1) is 0 Å². The van der Waals surface area contributed by atoms with E-state index in [-0.39, 0.29) is 0 Å². The quantitative estimate of drug-likeness (QED) is 0.657. The van der Waals surface area contributed by atoms with Crippen molar-refractivity contribution in [3.8, 4) is 11.5 Å². The Morgan fingerprint density at radius 2 is 2.09 bits per heavy atom. The Morgan fingerprint density at radius 3 is 2.82 bits per heavy atom. The third-order valence-corrected chi connectivity index (χ3v) is 3.45. The third kappa shape index (κ3) is 1.90. The monoisotopic (exact) mass is 303 g/mol. The van der Waals surface area contributed by atoms with E-state index in [0.29, 0.717) is 36.4 Å². The molecular weight excluding hydrogens is 290 g/mol. The molecular formula is C13H13N5O4. The number of carboxylic acids is 1. The first-order valence-electron chi connectivity index (χ1n) is 6.79. The number of fused-ring (bicyclic) bond motifs is 4. The molecule has 3 aromatic rings. The van der Waals surface area contributed by atoms with Crippen LogP contribution in [0.3, 0.4) is 0 Å². The molecule has 0 saturated carbocycles. The number of carboxylic acid groups (broad SMARTS) is 1. The highest BCUT2D eigenvalue weighted by Crippen LogP contribution is 2.34. The molecule has 0 amide bonds. The van der Waals surface area contributed by atoms with Crippen molar-refractivity contribution in [3.05, 3.63) is 12.1 Å². The number of rotatable bonds is 3. The lowest BCUT2D eigenvalue weighted by molar-refractivity contribution is -0.137. The van der Waals surface area contributed by atoms with E-state index in [0.717, 1.165) is 11.0 Å². The molecule has 22 heavy (non-hydrogen) atoms. The topological polar surface area (TPSA) is 114 Å². The van der Waals surface area contributed by atoms with Crippen LogP contribution in [-0.2, 0) is 4.79 Å².